The van der Waals surface area contributed by atoms with Crippen molar-refractivity contribution in [2.24, 2.45) is 0 Å². The zero-order valence-corrected chi connectivity index (χ0v) is 13.0. The highest BCUT2D eigenvalue weighted by atomic mass is 32.2. The Morgan fingerprint density at radius 3 is 2.95 bits per heavy atom. The molecular formula is C15H23N3OS. The van der Waals surface area contributed by atoms with Crippen LogP contribution in [0.2, 0.25) is 0 Å². The molecule has 2 rings (SSSR count). The number of aryl methyl sites for hydroxylation is 1. The van der Waals surface area contributed by atoms with E-state index in [0.29, 0.717) is 0 Å². The van der Waals surface area contributed by atoms with Crippen LogP contribution in [-0.4, -0.2) is 41.4 Å². The lowest BCUT2D eigenvalue weighted by Crippen LogP contribution is -2.43. The van der Waals surface area contributed by atoms with Gasteiger partial charge in [0.25, 0.3) is 0 Å². The van der Waals surface area contributed by atoms with Gasteiger partial charge < -0.3 is 11.1 Å². The number of nitrogens with zero attached hydrogens (tertiary/aromatic N) is 1. The molecule has 0 aromatic heterocycles. The number of rotatable bonds is 3. The fourth-order valence-corrected chi connectivity index (χ4v) is 3.28. The predicted molar refractivity (Wildman–Crippen MR) is 87.2 cm³/mol. The van der Waals surface area contributed by atoms with Crippen LogP contribution in [0, 0.1) is 6.92 Å². The van der Waals surface area contributed by atoms with Gasteiger partial charge in [0.2, 0.25) is 5.91 Å². The van der Waals surface area contributed by atoms with E-state index in [1.165, 1.54) is 5.75 Å². The quantitative estimate of drug-likeness (QED) is 0.840. The van der Waals surface area contributed by atoms with Crippen LogP contribution in [0.4, 0.5) is 11.4 Å². The van der Waals surface area contributed by atoms with E-state index in [0.717, 1.165) is 42.2 Å². The summed E-state index contributed by atoms with van der Waals surface area (Å²) >= 11 is 1.97. The lowest BCUT2D eigenvalue weighted by atomic mass is 10.1. The molecule has 0 aliphatic carbocycles. The fraction of sp³-hybridized carbons (Fsp3) is 0.533. The Kier molecular flexibility index (Phi) is 5.31. The molecule has 0 radical (unpaired) electrons. The first kappa shape index (κ1) is 15.2. The molecule has 1 saturated heterocycles. The predicted octanol–water partition coefficient (Wildman–Crippen LogP) is 2.34. The molecule has 20 heavy (non-hydrogen) atoms. The van der Waals surface area contributed by atoms with Crippen molar-refractivity contribution in [1.82, 2.24) is 4.90 Å². The van der Waals surface area contributed by atoms with E-state index >= 15 is 0 Å². The van der Waals surface area contributed by atoms with Crippen LogP contribution < -0.4 is 11.1 Å². The maximum absolute atomic E-state index is 12.4. The molecule has 3 N–H and O–H groups in total. The van der Waals surface area contributed by atoms with Gasteiger partial charge in [-0.2, -0.15) is 11.8 Å². The smallest absolute Gasteiger partial charge is 0.241 e. The molecule has 1 aromatic carbocycles. The van der Waals surface area contributed by atoms with Gasteiger partial charge in [-0.05, 0) is 56.3 Å². The van der Waals surface area contributed by atoms with Crippen molar-refractivity contribution >= 4 is 29.0 Å². The van der Waals surface area contributed by atoms with Gasteiger partial charge in [-0.1, -0.05) is 0 Å². The minimum Gasteiger partial charge on any atom is -0.399 e. The van der Waals surface area contributed by atoms with Crippen molar-refractivity contribution in [3.63, 3.8) is 0 Å². The normalized spacial score (nSPS) is 18.3. The number of anilines is 2. The Labute approximate surface area is 125 Å². The summed E-state index contributed by atoms with van der Waals surface area (Å²) in [4.78, 5) is 14.6. The van der Waals surface area contributed by atoms with Gasteiger partial charge in [0.05, 0.1) is 6.04 Å². The number of carbonyl (C=O) groups excluding carboxylic acids is 1. The first-order valence-corrected chi connectivity index (χ1v) is 8.22. The van der Waals surface area contributed by atoms with Crippen LogP contribution >= 0.6 is 11.8 Å². The van der Waals surface area contributed by atoms with E-state index in [-0.39, 0.29) is 11.9 Å². The molecule has 1 aliphatic rings. The minimum absolute atomic E-state index is 0.0600. The Balaban J connectivity index is 1.99. The Morgan fingerprint density at radius 1 is 1.40 bits per heavy atom. The van der Waals surface area contributed by atoms with E-state index in [9.17, 15) is 4.79 Å². The number of amides is 1. The number of thioether (sulfide) groups is 1. The molecule has 4 nitrogen and oxygen atoms in total. The van der Waals surface area contributed by atoms with Gasteiger partial charge in [-0.15, -0.1) is 0 Å². The molecule has 1 amide bonds. The molecule has 1 aromatic rings. The molecule has 0 bridgehead atoms. The topological polar surface area (TPSA) is 58.4 Å². The number of nitrogens with one attached hydrogen (secondary N) is 1. The summed E-state index contributed by atoms with van der Waals surface area (Å²) in [6.07, 6.45) is 1.16. The second-order valence-electron chi connectivity index (χ2n) is 5.24. The first-order valence-electron chi connectivity index (χ1n) is 7.06. The number of nitrogens with two attached hydrogens (primary N) is 1. The SMILES string of the molecule is Cc1cc(N)ccc1NC(=O)C(C)N1CCCSCC1. The molecule has 0 spiro atoms. The fourth-order valence-electron chi connectivity index (χ4n) is 2.38. The number of carbonyl (C=O) groups is 1. The van der Waals surface area contributed by atoms with Crippen LogP contribution in [0.3, 0.4) is 0 Å². The molecule has 1 aliphatic heterocycles. The summed E-state index contributed by atoms with van der Waals surface area (Å²) in [5.41, 5.74) is 8.29. The monoisotopic (exact) mass is 293 g/mol. The number of benzene rings is 1. The molecule has 1 unspecified atom stereocenters. The lowest BCUT2D eigenvalue weighted by molar-refractivity contribution is -0.120. The molecule has 110 valence electrons. The molecule has 1 atom stereocenters. The van der Waals surface area contributed by atoms with E-state index in [1.807, 2.05) is 43.8 Å². The van der Waals surface area contributed by atoms with Gasteiger partial charge in [-0.3, -0.25) is 9.69 Å². The van der Waals surface area contributed by atoms with E-state index in [4.69, 9.17) is 5.73 Å². The van der Waals surface area contributed by atoms with Crippen molar-refractivity contribution < 1.29 is 4.79 Å². The summed E-state index contributed by atoms with van der Waals surface area (Å²) in [6, 6.07) is 5.47. The van der Waals surface area contributed by atoms with E-state index in [2.05, 4.69) is 10.2 Å². The first-order chi connectivity index (χ1) is 9.58. The molecule has 5 heteroatoms. The molecule has 1 heterocycles. The van der Waals surface area contributed by atoms with Gasteiger partial charge in [0.1, 0.15) is 0 Å². The second kappa shape index (κ2) is 6.99. The van der Waals surface area contributed by atoms with Gasteiger partial charge in [0.15, 0.2) is 0 Å². The van der Waals surface area contributed by atoms with Crippen molar-refractivity contribution in [1.29, 1.82) is 0 Å². The highest BCUT2D eigenvalue weighted by Gasteiger charge is 2.22. The Bertz CT molecular complexity index is 470. The summed E-state index contributed by atoms with van der Waals surface area (Å²) in [6.45, 7) is 5.93. The number of hydrogen-bond donors (Lipinski definition) is 2. The molecule has 1 fully saturated rings. The maximum Gasteiger partial charge on any atom is 0.241 e. The van der Waals surface area contributed by atoms with Crippen LogP contribution in [0.5, 0.6) is 0 Å². The van der Waals surface area contributed by atoms with Crippen molar-refractivity contribution in [3.8, 4) is 0 Å². The lowest BCUT2D eigenvalue weighted by Gasteiger charge is -2.26. The third kappa shape index (κ3) is 3.90. The summed E-state index contributed by atoms with van der Waals surface area (Å²) in [7, 11) is 0. The van der Waals surface area contributed by atoms with Gasteiger partial charge >= 0.3 is 0 Å². The summed E-state index contributed by atoms with van der Waals surface area (Å²) < 4.78 is 0. The molecule has 0 saturated carbocycles. The third-order valence-corrected chi connectivity index (χ3v) is 4.74. The van der Waals surface area contributed by atoms with Crippen molar-refractivity contribution in [2.75, 3.05) is 35.6 Å². The minimum atomic E-state index is -0.0920. The van der Waals surface area contributed by atoms with Crippen LogP contribution in [0.25, 0.3) is 0 Å². The van der Waals surface area contributed by atoms with Crippen molar-refractivity contribution in [3.05, 3.63) is 23.8 Å². The second-order valence-corrected chi connectivity index (χ2v) is 6.47. The largest absolute Gasteiger partial charge is 0.399 e. The number of hydrogen-bond acceptors (Lipinski definition) is 4. The number of nitrogen functional groups attached to an aromatic ring is 1. The average Bonchev–Trinajstić information content (AvgIpc) is 2.70. The van der Waals surface area contributed by atoms with Gasteiger partial charge in [0, 0.05) is 23.7 Å². The zero-order valence-electron chi connectivity index (χ0n) is 12.2. The highest BCUT2D eigenvalue weighted by Crippen LogP contribution is 2.19. The Morgan fingerprint density at radius 2 is 2.20 bits per heavy atom. The standard InChI is InChI=1S/C15H23N3OS/c1-11-10-13(16)4-5-14(11)17-15(19)12(2)18-6-3-8-20-9-7-18/h4-5,10,12H,3,6-9,16H2,1-2H3,(H,17,19). The zero-order chi connectivity index (χ0) is 14.5. The van der Waals surface area contributed by atoms with Crippen molar-refractivity contribution in [2.45, 2.75) is 26.3 Å². The summed E-state index contributed by atoms with van der Waals surface area (Å²) in [5, 5.41) is 3.01. The van der Waals surface area contributed by atoms with Crippen LogP contribution in [0.1, 0.15) is 18.9 Å². The van der Waals surface area contributed by atoms with E-state index in [1.54, 1.807) is 0 Å². The van der Waals surface area contributed by atoms with E-state index < -0.39 is 0 Å². The average molecular weight is 293 g/mol. The maximum atomic E-state index is 12.4. The molecular weight excluding hydrogens is 270 g/mol. The third-order valence-electron chi connectivity index (χ3n) is 3.69. The Hall–Kier alpha value is -1.20. The highest BCUT2D eigenvalue weighted by molar-refractivity contribution is 7.99. The van der Waals surface area contributed by atoms with Crippen LogP contribution in [0.15, 0.2) is 18.2 Å². The van der Waals surface area contributed by atoms with Crippen LogP contribution in [-0.2, 0) is 4.79 Å². The summed E-state index contributed by atoms with van der Waals surface area (Å²) in [5.74, 6) is 2.37. The van der Waals surface area contributed by atoms with Gasteiger partial charge in [-0.25, -0.2) is 0 Å².